The predicted octanol–water partition coefficient (Wildman–Crippen LogP) is 2.44. The maximum absolute atomic E-state index is 7.69. The molecule has 0 N–H and O–H groups in total. The third-order valence-corrected chi connectivity index (χ3v) is 0.812. The summed E-state index contributed by atoms with van der Waals surface area (Å²) in [5.41, 5.74) is 0. The molecule has 7 heavy (non-hydrogen) atoms. The average molecular weight is 106 g/mol. The van der Waals surface area contributed by atoms with E-state index in [-0.39, 0.29) is 0 Å². The molecule has 0 aromatic rings. The van der Waals surface area contributed by atoms with Crippen molar-refractivity contribution in [3.8, 4) is 0 Å². The van der Waals surface area contributed by atoms with Crippen molar-refractivity contribution in [1.29, 1.82) is 0 Å². The average Bonchev–Trinajstić information content (AvgIpc) is 2.04. The monoisotopic (exact) mass is 106 g/mol. The van der Waals surface area contributed by atoms with E-state index in [9.17, 15) is 0 Å². The highest BCUT2D eigenvalue weighted by Crippen LogP contribution is 2.29. The summed E-state index contributed by atoms with van der Waals surface area (Å²) >= 11 is 0. The van der Waals surface area contributed by atoms with E-state index in [0.29, 0.717) is 0 Å². The van der Waals surface area contributed by atoms with Gasteiger partial charge in [-0.15, -0.1) is 0 Å². The van der Waals surface area contributed by atoms with E-state index in [4.69, 9.17) is 11.0 Å². The molecule has 0 bridgehead atoms. The number of hydrogen-bond acceptors (Lipinski definition) is 0. The molecule has 0 heterocycles. The molecule has 1 fully saturated rings. The summed E-state index contributed by atoms with van der Waals surface area (Å²) in [6, 6.07) is 0. The lowest BCUT2D eigenvalue weighted by Gasteiger charge is -1.96. The van der Waals surface area contributed by atoms with Gasteiger partial charge in [0.2, 0.25) is 0 Å². The highest BCUT2D eigenvalue weighted by Gasteiger charge is 2.15. The third kappa shape index (κ3) is 1.19. The second-order valence-electron chi connectivity index (χ2n) is 1.62. The van der Waals surface area contributed by atoms with Crippen LogP contribution in [0.2, 0.25) is 0 Å². The minimum absolute atomic E-state index is 1.00. The zero-order valence-electron chi connectivity index (χ0n) is 12.5. The number of hydrogen-bond donors (Lipinski definition) is 0. The summed E-state index contributed by atoms with van der Waals surface area (Å²) in [7, 11) is 0. The molecule has 0 radical (unpaired) electrons. The molecule has 0 spiro atoms. The molecule has 2 atom stereocenters. The van der Waals surface area contributed by atoms with Crippen molar-refractivity contribution in [3.63, 3.8) is 0 Å². The lowest BCUT2D eigenvalue weighted by Crippen LogP contribution is -1.84. The Hall–Kier alpha value is 0. The summed E-state index contributed by atoms with van der Waals surface area (Å²) in [6.45, 7) is 2.01. The number of rotatable bonds is 0. The van der Waals surface area contributed by atoms with Crippen LogP contribution in [0.3, 0.4) is 0 Å². The molecule has 0 aromatic heterocycles. The van der Waals surface area contributed by atoms with Gasteiger partial charge in [-0.1, -0.05) is 26.6 Å². The molecule has 0 heteroatoms. The molecule has 1 saturated carbocycles. The first-order valence-electron chi connectivity index (χ1n) is 6.25. The van der Waals surface area contributed by atoms with Crippen LogP contribution >= 0.6 is 0 Å². The Bertz CT molecular complexity index is 200. The lowest BCUT2D eigenvalue weighted by molar-refractivity contribution is 0.555. The van der Waals surface area contributed by atoms with Gasteiger partial charge in [-0.05, 0) is 18.2 Å². The van der Waals surface area contributed by atoms with Crippen LogP contribution in [0.1, 0.15) is 43.9 Å². The molecule has 0 aliphatic heterocycles. The van der Waals surface area contributed by atoms with Crippen molar-refractivity contribution < 1.29 is 11.0 Å². The van der Waals surface area contributed by atoms with Crippen molar-refractivity contribution in [1.82, 2.24) is 0 Å². The molecule has 1 aliphatic rings. The Morgan fingerprint density at radius 1 is 1.43 bits per heavy atom. The standard InChI is InChI=1S/C7H14/c1-6-3-4-7(2)5-6/h6-7H,3-5H2,1-2H3/i3D2,4D2,5D2,6D,7D. The summed E-state index contributed by atoms with van der Waals surface area (Å²) in [5.74, 6) is -4.58. The molecule has 1 rings (SSSR count). The van der Waals surface area contributed by atoms with Gasteiger partial charge in [-0.2, -0.15) is 0 Å². The van der Waals surface area contributed by atoms with E-state index in [1.165, 1.54) is 0 Å². The highest BCUT2D eigenvalue weighted by atomic mass is 14.2. The molecular weight excluding hydrogens is 84.1 g/mol. The first-order chi connectivity index (χ1) is 6.25. The first kappa shape index (κ1) is 1.12. The van der Waals surface area contributed by atoms with Gasteiger partial charge in [0.1, 0.15) is 0 Å². The van der Waals surface area contributed by atoms with Crippen LogP contribution in [0.5, 0.6) is 0 Å². The van der Waals surface area contributed by atoms with Gasteiger partial charge in [0.15, 0.2) is 0 Å². The summed E-state index contributed by atoms with van der Waals surface area (Å²) in [6.07, 6.45) is -7.98. The van der Waals surface area contributed by atoms with Gasteiger partial charge in [0.25, 0.3) is 0 Å². The van der Waals surface area contributed by atoms with E-state index in [1.54, 1.807) is 0 Å². The van der Waals surface area contributed by atoms with Crippen LogP contribution in [0.4, 0.5) is 0 Å². The van der Waals surface area contributed by atoms with E-state index >= 15 is 0 Å². The summed E-state index contributed by atoms with van der Waals surface area (Å²) in [4.78, 5) is 0. The van der Waals surface area contributed by atoms with Gasteiger partial charge in [-0.25, -0.2) is 0 Å². The molecule has 0 nitrogen and oxygen atoms in total. The van der Waals surface area contributed by atoms with Gasteiger partial charge in [-0.3, -0.25) is 0 Å². The third-order valence-electron chi connectivity index (χ3n) is 0.812. The maximum atomic E-state index is 7.69. The fourth-order valence-electron chi connectivity index (χ4n) is 0.531. The minimum Gasteiger partial charge on any atom is -0.0625 e. The molecule has 2 unspecified atom stereocenters. The molecular formula is C7H14. The Morgan fingerprint density at radius 2 is 1.86 bits per heavy atom. The Balaban J connectivity index is 3.55. The quantitative estimate of drug-likeness (QED) is 0.445. The molecule has 0 amide bonds. The Morgan fingerprint density at radius 3 is 2.00 bits per heavy atom. The van der Waals surface area contributed by atoms with Gasteiger partial charge in [0, 0.05) is 11.0 Å². The van der Waals surface area contributed by atoms with Crippen LogP contribution in [0.25, 0.3) is 0 Å². The minimum atomic E-state index is -2.71. The second-order valence-corrected chi connectivity index (χ2v) is 1.62. The topological polar surface area (TPSA) is 0 Å². The van der Waals surface area contributed by atoms with Crippen molar-refractivity contribution >= 4 is 0 Å². The van der Waals surface area contributed by atoms with Gasteiger partial charge >= 0.3 is 0 Å². The lowest BCUT2D eigenvalue weighted by atomic mass is 10.1. The first-order valence-corrected chi connectivity index (χ1v) is 2.25. The van der Waals surface area contributed by atoms with Crippen molar-refractivity contribution in [3.05, 3.63) is 0 Å². The molecule has 1 aliphatic carbocycles. The van der Waals surface area contributed by atoms with Gasteiger partial charge in [0.05, 0.1) is 0 Å². The largest absolute Gasteiger partial charge is 0.0625 e. The van der Waals surface area contributed by atoms with E-state index in [1.807, 2.05) is 0 Å². The van der Waals surface area contributed by atoms with E-state index in [0.717, 1.165) is 13.8 Å². The summed E-state index contributed by atoms with van der Waals surface area (Å²) in [5, 5.41) is 0. The smallest absolute Gasteiger partial charge is 0.0300 e. The van der Waals surface area contributed by atoms with E-state index in [2.05, 4.69) is 0 Å². The van der Waals surface area contributed by atoms with Gasteiger partial charge < -0.3 is 0 Å². The maximum Gasteiger partial charge on any atom is 0.0300 e. The predicted molar refractivity (Wildman–Crippen MR) is 32.2 cm³/mol. The zero-order valence-corrected chi connectivity index (χ0v) is 4.50. The fourth-order valence-corrected chi connectivity index (χ4v) is 0.531. The Kier molecular flexibility index (Phi) is 0.296. The fraction of sp³-hybridized carbons (Fsp3) is 1.00. The second kappa shape index (κ2) is 1.85. The van der Waals surface area contributed by atoms with Crippen LogP contribution in [-0.4, -0.2) is 0 Å². The van der Waals surface area contributed by atoms with Crippen molar-refractivity contribution in [2.24, 2.45) is 11.8 Å². The summed E-state index contributed by atoms with van der Waals surface area (Å²) < 4.78 is 60.8. The van der Waals surface area contributed by atoms with Crippen molar-refractivity contribution in [2.75, 3.05) is 0 Å². The van der Waals surface area contributed by atoms with E-state index < -0.39 is 30.9 Å². The van der Waals surface area contributed by atoms with Crippen molar-refractivity contribution in [2.45, 2.75) is 33.0 Å². The molecule has 0 aromatic carbocycles. The SMILES string of the molecule is [2H]C1([2H])C([2H])([2H])C([2H])(C)C([2H])([2H])C1([2H])C. The zero-order chi connectivity index (χ0) is 12.5. The van der Waals surface area contributed by atoms with Crippen LogP contribution in [0.15, 0.2) is 0 Å². The van der Waals surface area contributed by atoms with Crippen LogP contribution in [0, 0.1) is 11.8 Å². The highest BCUT2D eigenvalue weighted by molar-refractivity contribution is 4.68. The molecule has 42 valence electrons. The normalized spacial score (nSPS) is 101. The van der Waals surface area contributed by atoms with Crippen LogP contribution in [-0.2, 0) is 0 Å². The molecule has 0 saturated heterocycles. The van der Waals surface area contributed by atoms with Crippen LogP contribution < -0.4 is 0 Å². The Labute approximate surface area is 57.2 Å².